The second-order valence-corrected chi connectivity index (χ2v) is 8.51. The Hall–Kier alpha value is -1.85. The molecule has 134 valence electrons. The predicted molar refractivity (Wildman–Crippen MR) is 103 cm³/mol. The molecule has 0 radical (unpaired) electrons. The lowest BCUT2D eigenvalue weighted by Crippen LogP contribution is -2.20. The fraction of sp³-hybridized carbons (Fsp3) is 0.400. The van der Waals surface area contributed by atoms with E-state index in [0.717, 1.165) is 25.2 Å². The summed E-state index contributed by atoms with van der Waals surface area (Å²) in [5.74, 6) is 0.550. The van der Waals surface area contributed by atoms with Crippen LogP contribution in [-0.2, 0) is 10.0 Å². The molecule has 5 heteroatoms. The molecule has 1 fully saturated rings. The highest BCUT2D eigenvalue weighted by Gasteiger charge is 2.23. The van der Waals surface area contributed by atoms with Gasteiger partial charge in [-0.1, -0.05) is 31.2 Å². The SMILES string of the molecule is CCCN1CCC(c2ccc(NS(=O)(=O)c3cccc(C)c3)cc2)C1. The van der Waals surface area contributed by atoms with Gasteiger partial charge in [0.2, 0.25) is 0 Å². The van der Waals surface area contributed by atoms with E-state index in [1.54, 1.807) is 18.2 Å². The first-order valence-corrected chi connectivity index (χ1v) is 10.4. The molecule has 4 nitrogen and oxygen atoms in total. The van der Waals surface area contributed by atoms with E-state index in [2.05, 4.69) is 16.5 Å². The van der Waals surface area contributed by atoms with Crippen LogP contribution in [0.1, 0.15) is 36.8 Å². The highest BCUT2D eigenvalue weighted by Crippen LogP contribution is 2.28. The smallest absolute Gasteiger partial charge is 0.261 e. The topological polar surface area (TPSA) is 49.4 Å². The normalized spacial score (nSPS) is 18.4. The molecule has 1 aliphatic rings. The van der Waals surface area contributed by atoms with E-state index in [9.17, 15) is 8.42 Å². The van der Waals surface area contributed by atoms with Gasteiger partial charge < -0.3 is 4.90 Å². The summed E-state index contributed by atoms with van der Waals surface area (Å²) < 4.78 is 27.7. The van der Waals surface area contributed by atoms with Gasteiger partial charge in [-0.2, -0.15) is 0 Å². The zero-order chi connectivity index (χ0) is 17.9. The van der Waals surface area contributed by atoms with Crippen molar-refractivity contribution in [2.45, 2.75) is 37.5 Å². The van der Waals surface area contributed by atoms with E-state index in [0.29, 0.717) is 16.5 Å². The van der Waals surface area contributed by atoms with Gasteiger partial charge in [0.05, 0.1) is 4.90 Å². The van der Waals surface area contributed by atoms with Crippen molar-refractivity contribution < 1.29 is 8.42 Å². The van der Waals surface area contributed by atoms with E-state index in [1.165, 1.54) is 18.4 Å². The number of nitrogens with zero attached hydrogens (tertiary/aromatic N) is 1. The predicted octanol–water partition coefficient (Wildman–Crippen LogP) is 4.00. The van der Waals surface area contributed by atoms with Gasteiger partial charge in [0.25, 0.3) is 10.0 Å². The summed E-state index contributed by atoms with van der Waals surface area (Å²) in [7, 11) is -3.54. The van der Waals surface area contributed by atoms with Crippen molar-refractivity contribution in [3.8, 4) is 0 Å². The molecule has 2 aromatic rings. The van der Waals surface area contributed by atoms with Crippen LogP contribution in [0.3, 0.4) is 0 Å². The van der Waals surface area contributed by atoms with Gasteiger partial charge >= 0.3 is 0 Å². The lowest BCUT2D eigenvalue weighted by molar-refractivity contribution is 0.335. The highest BCUT2D eigenvalue weighted by atomic mass is 32.2. The van der Waals surface area contributed by atoms with Crippen LogP contribution in [-0.4, -0.2) is 33.0 Å². The second kappa shape index (κ2) is 7.58. The van der Waals surface area contributed by atoms with Crippen molar-refractivity contribution in [2.75, 3.05) is 24.4 Å². The Kier molecular flexibility index (Phi) is 5.45. The number of benzene rings is 2. The Labute approximate surface area is 150 Å². The molecular weight excluding hydrogens is 332 g/mol. The molecule has 25 heavy (non-hydrogen) atoms. The summed E-state index contributed by atoms with van der Waals surface area (Å²) in [6.45, 7) is 7.51. The molecule has 0 aliphatic carbocycles. The molecule has 1 aliphatic heterocycles. The Balaban J connectivity index is 1.69. The van der Waals surface area contributed by atoms with Gasteiger partial charge in [-0.3, -0.25) is 4.72 Å². The molecule has 1 saturated heterocycles. The quantitative estimate of drug-likeness (QED) is 0.849. The minimum absolute atomic E-state index is 0.294. The lowest BCUT2D eigenvalue weighted by Gasteiger charge is -2.15. The number of hydrogen-bond acceptors (Lipinski definition) is 3. The minimum Gasteiger partial charge on any atom is -0.303 e. The number of nitrogens with one attached hydrogen (secondary N) is 1. The third-order valence-electron chi connectivity index (χ3n) is 4.75. The van der Waals surface area contributed by atoms with Crippen LogP contribution in [0.5, 0.6) is 0 Å². The standard InChI is InChI=1S/C20H26N2O2S/c1-3-12-22-13-11-18(15-22)17-7-9-19(10-8-17)21-25(23,24)20-6-4-5-16(2)14-20/h4-10,14,18,21H,3,11-13,15H2,1-2H3. The summed E-state index contributed by atoms with van der Waals surface area (Å²) in [6.07, 6.45) is 2.36. The van der Waals surface area contributed by atoms with Gasteiger partial charge in [-0.05, 0) is 74.2 Å². The maximum absolute atomic E-state index is 12.5. The van der Waals surface area contributed by atoms with Gasteiger partial charge in [-0.15, -0.1) is 0 Å². The molecule has 0 spiro atoms. The first kappa shape index (κ1) is 18.0. The van der Waals surface area contributed by atoms with Crippen molar-refractivity contribution in [2.24, 2.45) is 0 Å². The number of aryl methyl sites for hydroxylation is 1. The summed E-state index contributed by atoms with van der Waals surface area (Å²) in [4.78, 5) is 2.79. The molecule has 3 rings (SSSR count). The minimum atomic E-state index is -3.54. The van der Waals surface area contributed by atoms with E-state index in [1.807, 2.05) is 37.3 Å². The van der Waals surface area contributed by atoms with Gasteiger partial charge in [0, 0.05) is 12.2 Å². The third kappa shape index (κ3) is 4.41. The van der Waals surface area contributed by atoms with Gasteiger partial charge in [0.15, 0.2) is 0 Å². The van der Waals surface area contributed by atoms with Crippen LogP contribution < -0.4 is 4.72 Å². The number of likely N-dealkylation sites (tertiary alicyclic amines) is 1. The molecule has 0 amide bonds. The first-order chi connectivity index (χ1) is 12.0. The summed E-state index contributed by atoms with van der Waals surface area (Å²) in [5, 5.41) is 0. The monoisotopic (exact) mass is 358 g/mol. The molecular formula is C20H26N2O2S. The van der Waals surface area contributed by atoms with E-state index < -0.39 is 10.0 Å². The van der Waals surface area contributed by atoms with Crippen LogP contribution in [0, 0.1) is 6.92 Å². The summed E-state index contributed by atoms with van der Waals surface area (Å²) >= 11 is 0. The first-order valence-electron chi connectivity index (χ1n) is 8.90. The van der Waals surface area contributed by atoms with E-state index in [4.69, 9.17) is 0 Å². The third-order valence-corrected chi connectivity index (χ3v) is 6.13. The number of sulfonamides is 1. The van der Waals surface area contributed by atoms with Crippen molar-refractivity contribution in [3.05, 3.63) is 59.7 Å². The Morgan fingerprint density at radius 2 is 1.92 bits per heavy atom. The van der Waals surface area contributed by atoms with Crippen molar-refractivity contribution >= 4 is 15.7 Å². The molecule has 1 heterocycles. The number of hydrogen-bond donors (Lipinski definition) is 1. The van der Waals surface area contributed by atoms with Crippen molar-refractivity contribution in [1.29, 1.82) is 0 Å². The molecule has 1 N–H and O–H groups in total. The maximum Gasteiger partial charge on any atom is 0.261 e. The number of anilines is 1. The molecule has 0 aromatic heterocycles. The zero-order valence-electron chi connectivity index (χ0n) is 14.9. The molecule has 0 bridgehead atoms. The summed E-state index contributed by atoms with van der Waals surface area (Å²) in [5.41, 5.74) is 2.82. The average molecular weight is 359 g/mol. The van der Waals surface area contributed by atoms with Crippen LogP contribution in [0.15, 0.2) is 53.4 Å². The average Bonchev–Trinajstić information content (AvgIpc) is 3.04. The van der Waals surface area contributed by atoms with Crippen molar-refractivity contribution in [1.82, 2.24) is 4.90 Å². The fourth-order valence-corrected chi connectivity index (χ4v) is 4.61. The molecule has 1 unspecified atom stereocenters. The van der Waals surface area contributed by atoms with Crippen LogP contribution in [0.4, 0.5) is 5.69 Å². The lowest BCUT2D eigenvalue weighted by atomic mass is 9.98. The van der Waals surface area contributed by atoms with Gasteiger partial charge in [0.1, 0.15) is 0 Å². The Morgan fingerprint density at radius 3 is 2.60 bits per heavy atom. The largest absolute Gasteiger partial charge is 0.303 e. The molecule has 1 atom stereocenters. The molecule has 2 aromatic carbocycles. The van der Waals surface area contributed by atoms with Crippen LogP contribution in [0.25, 0.3) is 0 Å². The van der Waals surface area contributed by atoms with Gasteiger partial charge in [-0.25, -0.2) is 8.42 Å². The van der Waals surface area contributed by atoms with E-state index in [-0.39, 0.29) is 0 Å². The number of rotatable bonds is 6. The fourth-order valence-electron chi connectivity index (χ4n) is 3.44. The molecule has 0 saturated carbocycles. The van der Waals surface area contributed by atoms with Crippen molar-refractivity contribution in [3.63, 3.8) is 0 Å². The zero-order valence-corrected chi connectivity index (χ0v) is 15.7. The Bertz CT molecular complexity index is 816. The summed E-state index contributed by atoms with van der Waals surface area (Å²) in [6, 6.07) is 14.8. The van der Waals surface area contributed by atoms with E-state index >= 15 is 0 Å². The van der Waals surface area contributed by atoms with Crippen LogP contribution >= 0.6 is 0 Å². The Morgan fingerprint density at radius 1 is 1.16 bits per heavy atom. The van der Waals surface area contributed by atoms with Crippen LogP contribution in [0.2, 0.25) is 0 Å². The maximum atomic E-state index is 12.5. The second-order valence-electron chi connectivity index (χ2n) is 6.83. The highest BCUT2D eigenvalue weighted by molar-refractivity contribution is 7.92.